The van der Waals surface area contributed by atoms with Crippen molar-refractivity contribution in [2.45, 2.75) is 38.5 Å². The minimum atomic E-state index is -3.20. The zero-order valence-corrected chi connectivity index (χ0v) is 17.6. The molecule has 1 amide bonds. The smallest absolute Gasteiger partial charge is 0.264 e. The summed E-state index contributed by atoms with van der Waals surface area (Å²) in [4.78, 5) is 14.9. The van der Waals surface area contributed by atoms with Crippen molar-refractivity contribution in [3.05, 3.63) is 64.9 Å². The van der Waals surface area contributed by atoms with E-state index in [1.807, 2.05) is 6.07 Å². The van der Waals surface area contributed by atoms with Gasteiger partial charge in [0.1, 0.15) is 0 Å². The second kappa shape index (κ2) is 9.13. The largest absolute Gasteiger partial charge is 0.478 e. The van der Waals surface area contributed by atoms with Gasteiger partial charge in [-0.05, 0) is 36.6 Å². The Bertz CT molecular complexity index is 982. The normalized spacial score (nSPS) is 18.9. The maximum Gasteiger partial charge on any atom is 0.264 e. The van der Waals surface area contributed by atoms with Gasteiger partial charge in [0.15, 0.2) is 27.5 Å². The van der Waals surface area contributed by atoms with E-state index in [2.05, 4.69) is 0 Å². The number of benzene rings is 2. The molecule has 5 nitrogen and oxygen atoms in total. The molecule has 29 heavy (non-hydrogen) atoms. The third-order valence-corrected chi connectivity index (χ3v) is 7.10. The van der Waals surface area contributed by atoms with E-state index in [-0.39, 0.29) is 29.7 Å². The molecule has 2 aromatic rings. The lowest BCUT2D eigenvalue weighted by Gasteiger charge is -2.32. The van der Waals surface area contributed by atoms with Crippen LogP contribution in [0.5, 0.6) is 5.75 Å². The Labute approximate surface area is 175 Å². The van der Waals surface area contributed by atoms with Gasteiger partial charge in [-0.25, -0.2) is 12.8 Å². The van der Waals surface area contributed by atoms with Crippen LogP contribution in [0.25, 0.3) is 0 Å². The monoisotopic (exact) mass is 439 g/mol. The molecule has 0 aromatic heterocycles. The first-order chi connectivity index (χ1) is 13.8. The van der Waals surface area contributed by atoms with E-state index in [4.69, 9.17) is 16.3 Å². The van der Waals surface area contributed by atoms with E-state index < -0.39 is 27.8 Å². The fraction of sp³-hybridized carbons (Fsp3) is 0.381. The molecule has 8 heteroatoms. The maximum absolute atomic E-state index is 14.0. The average molecular weight is 440 g/mol. The zero-order valence-electron chi connectivity index (χ0n) is 16.1. The van der Waals surface area contributed by atoms with Crippen molar-refractivity contribution in [1.82, 2.24) is 4.90 Å². The van der Waals surface area contributed by atoms with Crippen LogP contribution in [0.2, 0.25) is 5.02 Å². The summed E-state index contributed by atoms with van der Waals surface area (Å²) in [6.45, 7) is 1.93. The minimum absolute atomic E-state index is 0.00978. The second-order valence-corrected chi connectivity index (χ2v) is 9.70. The van der Waals surface area contributed by atoms with Gasteiger partial charge in [-0.15, -0.1) is 0 Å². The molecule has 0 saturated carbocycles. The number of carbonyl (C=O) groups excluding carboxylic acids is 1. The van der Waals surface area contributed by atoms with E-state index in [1.165, 1.54) is 23.1 Å². The van der Waals surface area contributed by atoms with Crippen LogP contribution in [0.3, 0.4) is 0 Å². The van der Waals surface area contributed by atoms with Gasteiger partial charge in [-0.2, -0.15) is 0 Å². The predicted octanol–water partition coefficient (Wildman–Crippen LogP) is 3.85. The minimum Gasteiger partial charge on any atom is -0.478 e. The van der Waals surface area contributed by atoms with Gasteiger partial charge in [-0.3, -0.25) is 4.79 Å². The molecule has 3 rings (SSSR count). The Morgan fingerprint density at radius 2 is 1.93 bits per heavy atom. The average Bonchev–Trinajstić information content (AvgIpc) is 3.05. The molecule has 1 fully saturated rings. The Morgan fingerprint density at radius 3 is 2.55 bits per heavy atom. The lowest BCUT2D eigenvalue weighted by atomic mass is 10.1. The van der Waals surface area contributed by atoms with E-state index in [0.29, 0.717) is 23.4 Å². The molecule has 2 aromatic carbocycles. The molecule has 1 heterocycles. The first-order valence-corrected chi connectivity index (χ1v) is 11.7. The quantitative estimate of drug-likeness (QED) is 0.657. The van der Waals surface area contributed by atoms with Crippen LogP contribution in [-0.2, 0) is 21.2 Å². The molecular formula is C21H23ClFNO4S. The molecule has 0 aliphatic carbocycles. The number of nitrogens with zero attached hydrogens (tertiary/aromatic N) is 1. The summed E-state index contributed by atoms with van der Waals surface area (Å²) in [6.07, 6.45) is -0.266. The van der Waals surface area contributed by atoms with Gasteiger partial charge in [0.25, 0.3) is 5.91 Å². The molecule has 156 valence electrons. The lowest BCUT2D eigenvalue weighted by Crippen LogP contribution is -2.47. The van der Waals surface area contributed by atoms with Gasteiger partial charge < -0.3 is 9.64 Å². The summed E-state index contributed by atoms with van der Waals surface area (Å²) in [6, 6.07) is 12.5. The lowest BCUT2D eigenvalue weighted by molar-refractivity contribution is -0.141. The molecule has 1 saturated heterocycles. The number of hydrogen-bond donors (Lipinski definition) is 0. The summed E-state index contributed by atoms with van der Waals surface area (Å²) < 4.78 is 43.7. The highest BCUT2D eigenvalue weighted by atomic mass is 35.5. The molecule has 1 aliphatic rings. The van der Waals surface area contributed by atoms with Crippen LogP contribution in [-0.4, -0.2) is 42.9 Å². The third-order valence-electron chi connectivity index (χ3n) is 4.98. The fourth-order valence-electron chi connectivity index (χ4n) is 3.41. The van der Waals surface area contributed by atoms with Gasteiger partial charge in [-0.1, -0.05) is 48.9 Å². The summed E-state index contributed by atoms with van der Waals surface area (Å²) in [5.74, 6) is -1.00. The summed E-state index contributed by atoms with van der Waals surface area (Å²) >= 11 is 6.26. The summed E-state index contributed by atoms with van der Waals surface area (Å²) in [7, 11) is -3.20. The van der Waals surface area contributed by atoms with E-state index in [1.54, 1.807) is 31.2 Å². The Hall–Kier alpha value is -2.12. The Kier molecular flexibility index (Phi) is 6.80. The zero-order chi connectivity index (χ0) is 21.0. The number of amides is 1. The van der Waals surface area contributed by atoms with Crippen molar-refractivity contribution in [2.75, 3.05) is 11.5 Å². The first kappa shape index (κ1) is 21.6. The number of sulfone groups is 1. The highest BCUT2D eigenvalue weighted by molar-refractivity contribution is 7.91. The fourth-order valence-corrected chi connectivity index (χ4v) is 5.33. The van der Waals surface area contributed by atoms with Crippen LogP contribution >= 0.6 is 11.6 Å². The Balaban J connectivity index is 1.88. The highest BCUT2D eigenvalue weighted by Crippen LogP contribution is 2.26. The molecular weight excluding hydrogens is 417 g/mol. The van der Waals surface area contributed by atoms with Crippen LogP contribution in [0.1, 0.15) is 25.3 Å². The van der Waals surface area contributed by atoms with E-state index >= 15 is 0 Å². The number of ether oxygens (including phenoxy) is 1. The SMILES string of the molecule is CC[C@H](Oc1ccccc1F)C(=O)N(Cc1ccccc1Cl)[C@H]1CCS(=O)(=O)C1. The molecule has 0 radical (unpaired) electrons. The third kappa shape index (κ3) is 5.28. The van der Waals surface area contributed by atoms with Crippen LogP contribution in [0.4, 0.5) is 4.39 Å². The van der Waals surface area contributed by atoms with E-state index in [9.17, 15) is 17.6 Å². The number of para-hydroxylation sites is 1. The number of rotatable bonds is 7. The summed E-state index contributed by atoms with van der Waals surface area (Å²) in [5.41, 5.74) is 0.715. The molecule has 0 unspecified atom stereocenters. The second-order valence-electron chi connectivity index (χ2n) is 7.06. The number of hydrogen-bond acceptors (Lipinski definition) is 4. The number of halogens is 2. The van der Waals surface area contributed by atoms with Crippen molar-refractivity contribution in [2.24, 2.45) is 0 Å². The van der Waals surface area contributed by atoms with Crippen LogP contribution in [0.15, 0.2) is 48.5 Å². The van der Waals surface area contributed by atoms with Gasteiger partial charge in [0.2, 0.25) is 0 Å². The van der Waals surface area contributed by atoms with Crippen molar-refractivity contribution >= 4 is 27.3 Å². The topological polar surface area (TPSA) is 63.7 Å². The molecule has 0 bridgehead atoms. The van der Waals surface area contributed by atoms with Crippen molar-refractivity contribution in [3.63, 3.8) is 0 Å². The maximum atomic E-state index is 14.0. The highest BCUT2D eigenvalue weighted by Gasteiger charge is 2.37. The Morgan fingerprint density at radius 1 is 1.24 bits per heavy atom. The molecule has 0 spiro atoms. The van der Waals surface area contributed by atoms with Crippen molar-refractivity contribution in [3.8, 4) is 5.75 Å². The predicted molar refractivity (Wildman–Crippen MR) is 110 cm³/mol. The van der Waals surface area contributed by atoms with Crippen molar-refractivity contribution in [1.29, 1.82) is 0 Å². The van der Waals surface area contributed by atoms with Gasteiger partial charge >= 0.3 is 0 Å². The summed E-state index contributed by atoms with van der Waals surface area (Å²) in [5, 5.41) is 0.495. The number of carbonyl (C=O) groups is 1. The standard InChI is InChI=1S/C21H23ClFNO4S/c1-2-19(28-20-10-6-5-9-18(20)23)21(25)24(16-11-12-29(26,27)14-16)13-15-7-3-4-8-17(15)22/h3-10,16,19H,2,11-14H2,1H3/t16-,19-/m0/s1. The van der Waals surface area contributed by atoms with Gasteiger partial charge in [0.05, 0.1) is 11.5 Å². The molecule has 1 aliphatic heterocycles. The van der Waals surface area contributed by atoms with Gasteiger partial charge in [0, 0.05) is 17.6 Å². The van der Waals surface area contributed by atoms with E-state index in [0.717, 1.165) is 0 Å². The molecule has 0 N–H and O–H groups in total. The van der Waals surface area contributed by atoms with Crippen molar-refractivity contribution < 1.29 is 22.3 Å². The van der Waals surface area contributed by atoms with Crippen LogP contribution in [0, 0.1) is 5.82 Å². The first-order valence-electron chi connectivity index (χ1n) is 9.46. The van der Waals surface area contributed by atoms with Crippen LogP contribution < -0.4 is 4.74 Å². The molecule has 2 atom stereocenters.